The SMILES string of the molecule is CCOC(=O)[C@@](O)([C@H](CCCc1ccccc1)[C@H](CCCNC(=O)OC(C)(C)C)C(=O)NC)C(F)(F)F. The number of hydrogen-bond donors (Lipinski definition) is 3. The molecule has 1 rings (SSSR count). The number of alkyl halides is 3. The third kappa shape index (κ3) is 9.87. The molecule has 0 saturated heterocycles. The van der Waals surface area contributed by atoms with Gasteiger partial charge in [-0.1, -0.05) is 30.3 Å². The van der Waals surface area contributed by atoms with E-state index in [4.69, 9.17) is 4.74 Å². The second-order valence-corrected chi connectivity index (χ2v) is 9.76. The zero-order chi connectivity index (χ0) is 28.3. The summed E-state index contributed by atoms with van der Waals surface area (Å²) in [5, 5.41) is 15.8. The molecule has 3 atom stereocenters. The molecule has 0 saturated carbocycles. The predicted molar refractivity (Wildman–Crippen MR) is 132 cm³/mol. The van der Waals surface area contributed by atoms with Gasteiger partial charge in [-0.3, -0.25) is 4.79 Å². The standard InChI is InChI=1S/C26H39F3N2O6/c1-6-36-22(33)25(35,26(27,28)29)20(16-10-14-18-12-8-7-9-13-18)19(21(32)30-5)15-11-17-31-23(34)37-24(2,3)4/h7-9,12-13,19-20,35H,6,10-11,14-17H2,1-5H3,(H,30,32)(H,31,34)/t19-,20+,25-/m0/s1. The maximum absolute atomic E-state index is 14.3. The lowest BCUT2D eigenvalue weighted by molar-refractivity contribution is -0.283. The molecule has 0 aliphatic carbocycles. The van der Waals surface area contributed by atoms with Gasteiger partial charge in [0.1, 0.15) is 5.60 Å². The number of ether oxygens (including phenoxy) is 2. The summed E-state index contributed by atoms with van der Waals surface area (Å²) < 4.78 is 52.7. The molecule has 0 radical (unpaired) electrons. The molecule has 3 N–H and O–H groups in total. The summed E-state index contributed by atoms with van der Waals surface area (Å²) in [6, 6.07) is 9.02. The van der Waals surface area contributed by atoms with E-state index >= 15 is 0 Å². The van der Waals surface area contributed by atoms with Crippen LogP contribution in [0, 0.1) is 11.8 Å². The number of aryl methyl sites for hydroxylation is 1. The van der Waals surface area contributed by atoms with E-state index in [-0.39, 0.29) is 38.8 Å². The van der Waals surface area contributed by atoms with Gasteiger partial charge in [-0.25, -0.2) is 9.59 Å². The zero-order valence-corrected chi connectivity index (χ0v) is 22.1. The van der Waals surface area contributed by atoms with E-state index < -0.39 is 47.2 Å². The molecule has 11 heteroatoms. The molecular weight excluding hydrogens is 493 g/mol. The van der Waals surface area contributed by atoms with Crippen LogP contribution in [-0.4, -0.2) is 60.7 Å². The third-order valence-electron chi connectivity index (χ3n) is 5.81. The Labute approximate surface area is 216 Å². The van der Waals surface area contributed by atoms with Gasteiger partial charge in [-0.2, -0.15) is 13.2 Å². The Morgan fingerprint density at radius 2 is 1.65 bits per heavy atom. The third-order valence-corrected chi connectivity index (χ3v) is 5.81. The van der Waals surface area contributed by atoms with E-state index in [2.05, 4.69) is 15.4 Å². The van der Waals surface area contributed by atoms with E-state index in [1.165, 1.54) is 14.0 Å². The Morgan fingerprint density at radius 3 is 2.16 bits per heavy atom. The van der Waals surface area contributed by atoms with Crippen molar-refractivity contribution in [3.05, 3.63) is 35.9 Å². The molecular formula is C26H39F3N2O6. The summed E-state index contributed by atoms with van der Waals surface area (Å²) in [4.78, 5) is 37.3. The van der Waals surface area contributed by atoms with Crippen molar-refractivity contribution in [1.29, 1.82) is 0 Å². The maximum atomic E-state index is 14.3. The van der Waals surface area contributed by atoms with Crippen LogP contribution in [0.3, 0.4) is 0 Å². The average Bonchev–Trinajstić information content (AvgIpc) is 2.80. The summed E-state index contributed by atoms with van der Waals surface area (Å²) in [7, 11) is 1.27. The van der Waals surface area contributed by atoms with Crippen molar-refractivity contribution in [3.8, 4) is 0 Å². The van der Waals surface area contributed by atoms with Crippen molar-refractivity contribution in [1.82, 2.24) is 10.6 Å². The molecule has 1 aromatic rings. The second kappa shape index (κ2) is 14.2. The number of hydrogen-bond acceptors (Lipinski definition) is 6. The number of rotatable bonds is 13. The predicted octanol–water partition coefficient (Wildman–Crippen LogP) is 4.15. The zero-order valence-electron chi connectivity index (χ0n) is 22.1. The lowest BCUT2D eigenvalue weighted by atomic mass is 9.72. The Balaban J connectivity index is 3.22. The van der Waals surface area contributed by atoms with E-state index in [9.17, 15) is 32.7 Å². The summed E-state index contributed by atoms with van der Waals surface area (Å²) >= 11 is 0. The minimum absolute atomic E-state index is 0.0169. The van der Waals surface area contributed by atoms with Crippen LogP contribution in [0.15, 0.2) is 30.3 Å². The van der Waals surface area contributed by atoms with Gasteiger partial charge in [0.2, 0.25) is 5.91 Å². The van der Waals surface area contributed by atoms with E-state index in [1.54, 1.807) is 32.9 Å². The van der Waals surface area contributed by atoms with Gasteiger partial charge < -0.3 is 25.2 Å². The first-order valence-electron chi connectivity index (χ1n) is 12.4. The van der Waals surface area contributed by atoms with Crippen molar-refractivity contribution in [2.45, 2.75) is 77.2 Å². The monoisotopic (exact) mass is 532 g/mol. The Bertz CT molecular complexity index is 873. The number of carbonyl (C=O) groups excluding carboxylic acids is 3. The molecule has 210 valence electrons. The van der Waals surface area contributed by atoms with Crippen molar-refractivity contribution in [2.24, 2.45) is 11.8 Å². The molecule has 37 heavy (non-hydrogen) atoms. The molecule has 2 amide bonds. The smallest absolute Gasteiger partial charge is 0.428 e. The second-order valence-electron chi connectivity index (χ2n) is 9.76. The van der Waals surface area contributed by atoms with Crippen LogP contribution >= 0.6 is 0 Å². The first kappa shape index (κ1) is 32.2. The molecule has 0 spiro atoms. The Hall–Kier alpha value is -2.82. The largest absolute Gasteiger partial charge is 0.464 e. The number of carbonyl (C=O) groups is 3. The first-order chi connectivity index (χ1) is 17.2. The van der Waals surface area contributed by atoms with Crippen LogP contribution in [0.1, 0.15) is 58.9 Å². The van der Waals surface area contributed by atoms with Crippen LogP contribution in [0.5, 0.6) is 0 Å². The van der Waals surface area contributed by atoms with Crippen molar-refractivity contribution in [3.63, 3.8) is 0 Å². The Kier molecular flexibility index (Phi) is 12.4. The van der Waals surface area contributed by atoms with Crippen molar-refractivity contribution >= 4 is 18.0 Å². The molecule has 0 aromatic heterocycles. The molecule has 0 aliphatic heterocycles. The van der Waals surface area contributed by atoms with Crippen LogP contribution < -0.4 is 10.6 Å². The van der Waals surface area contributed by atoms with Crippen LogP contribution in [0.4, 0.5) is 18.0 Å². The van der Waals surface area contributed by atoms with Gasteiger partial charge in [0.15, 0.2) is 0 Å². The van der Waals surface area contributed by atoms with Gasteiger partial charge in [-0.15, -0.1) is 0 Å². The van der Waals surface area contributed by atoms with Crippen molar-refractivity contribution in [2.75, 3.05) is 20.2 Å². The van der Waals surface area contributed by atoms with E-state index in [0.29, 0.717) is 6.42 Å². The fourth-order valence-electron chi connectivity index (χ4n) is 4.12. The number of amides is 2. The normalized spacial score (nSPS) is 15.2. The van der Waals surface area contributed by atoms with E-state index in [1.807, 2.05) is 18.2 Å². The van der Waals surface area contributed by atoms with Crippen molar-refractivity contribution < 1.29 is 42.1 Å². The Morgan fingerprint density at radius 1 is 1.03 bits per heavy atom. The topological polar surface area (TPSA) is 114 Å². The van der Waals surface area contributed by atoms with Gasteiger partial charge >= 0.3 is 18.2 Å². The highest BCUT2D eigenvalue weighted by Gasteiger charge is 2.66. The molecule has 0 unspecified atom stereocenters. The molecule has 1 aromatic carbocycles. The summed E-state index contributed by atoms with van der Waals surface area (Å²) in [5.41, 5.74) is -3.76. The van der Waals surface area contributed by atoms with Crippen LogP contribution in [-0.2, 0) is 25.5 Å². The first-order valence-corrected chi connectivity index (χ1v) is 12.4. The fraction of sp³-hybridized carbons (Fsp3) is 0.654. The van der Waals surface area contributed by atoms with Gasteiger partial charge in [0, 0.05) is 25.4 Å². The summed E-state index contributed by atoms with van der Waals surface area (Å²) in [6.07, 6.45) is -5.85. The number of halogens is 3. The minimum atomic E-state index is -5.39. The van der Waals surface area contributed by atoms with E-state index in [0.717, 1.165) is 5.56 Å². The lowest BCUT2D eigenvalue weighted by Gasteiger charge is -2.39. The molecule has 0 aliphatic rings. The average molecular weight is 533 g/mol. The molecule has 0 heterocycles. The summed E-state index contributed by atoms with van der Waals surface area (Å²) in [6.45, 7) is 6.02. The highest BCUT2D eigenvalue weighted by Crippen LogP contribution is 2.44. The van der Waals surface area contributed by atoms with Crippen LogP contribution in [0.25, 0.3) is 0 Å². The maximum Gasteiger partial charge on any atom is 0.428 e. The number of nitrogens with one attached hydrogen (secondary N) is 2. The number of aliphatic hydroxyl groups is 1. The van der Waals surface area contributed by atoms with Gasteiger partial charge in [0.25, 0.3) is 5.60 Å². The highest BCUT2D eigenvalue weighted by atomic mass is 19.4. The molecule has 0 bridgehead atoms. The fourth-order valence-corrected chi connectivity index (χ4v) is 4.12. The van der Waals surface area contributed by atoms with Crippen LogP contribution in [0.2, 0.25) is 0 Å². The highest BCUT2D eigenvalue weighted by molar-refractivity contribution is 5.84. The molecule has 8 nitrogen and oxygen atoms in total. The molecule has 0 fully saturated rings. The van der Waals surface area contributed by atoms with Gasteiger partial charge in [0.05, 0.1) is 6.61 Å². The quantitative estimate of drug-likeness (QED) is 0.260. The number of esters is 1. The lowest BCUT2D eigenvalue weighted by Crippen LogP contribution is -2.61. The minimum Gasteiger partial charge on any atom is -0.464 e. The summed E-state index contributed by atoms with van der Waals surface area (Å²) in [5.74, 6) is -5.81. The number of benzene rings is 1. The van der Waals surface area contributed by atoms with Gasteiger partial charge in [-0.05, 0) is 65.4 Å². The number of alkyl carbamates (subject to hydrolysis) is 1.